The first-order valence-electron chi connectivity index (χ1n) is 11.9. The summed E-state index contributed by atoms with van der Waals surface area (Å²) >= 11 is 0. The molecule has 4 rings (SSSR count). The third-order valence-corrected chi connectivity index (χ3v) is 6.05. The van der Waals surface area contributed by atoms with Crippen molar-refractivity contribution in [2.45, 2.75) is 13.8 Å². The topological polar surface area (TPSA) is 87.1 Å². The van der Waals surface area contributed by atoms with Crippen LogP contribution in [0.2, 0.25) is 0 Å². The van der Waals surface area contributed by atoms with Gasteiger partial charge in [-0.25, -0.2) is 9.97 Å². The standard InChI is InChI=1S/C28H33N7O/c1-7-26(36)31-24-15-22(18(2)14-23(24)29-12-13-34(4)5)32-28-30-16-19(3)27(33-28)21-17-35(6)25-11-9-8-10-20(21)25/h7-11,14-17,29H,1,12-13H2,2-6H3,(H,31,36)(H,30,32,33). The maximum Gasteiger partial charge on any atom is 0.247 e. The van der Waals surface area contributed by atoms with E-state index in [0.717, 1.165) is 57.8 Å². The van der Waals surface area contributed by atoms with Gasteiger partial charge in [0.1, 0.15) is 0 Å². The van der Waals surface area contributed by atoms with Gasteiger partial charge >= 0.3 is 0 Å². The second-order valence-corrected chi connectivity index (χ2v) is 9.16. The summed E-state index contributed by atoms with van der Waals surface area (Å²) in [6, 6.07) is 12.2. The van der Waals surface area contributed by atoms with Gasteiger partial charge in [-0.2, -0.15) is 0 Å². The first kappa shape index (κ1) is 24.9. The molecule has 8 nitrogen and oxygen atoms in total. The van der Waals surface area contributed by atoms with Crippen molar-refractivity contribution in [2.75, 3.05) is 43.1 Å². The molecule has 0 bridgehead atoms. The molecule has 0 aliphatic heterocycles. The molecule has 2 aromatic heterocycles. The van der Waals surface area contributed by atoms with Gasteiger partial charge in [-0.15, -0.1) is 0 Å². The summed E-state index contributed by atoms with van der Waals surface area (Å²) in [7, 11) is 6.08. The fourth-order valence-electron chi connectivity index (χ4n) is 4.12. The zero-order valence-electron chi connectivity index (χ0n) is 21.5. The van der Waals surface area contributed by atoms with Crippen LogP contribution in [-0.4, -0.2) is 52.5 Å². The molecule has 0 aliphatic carbocycles. The van der Waals surface area contributed by atoms with Crippen LogP contribution in [0.5, 0.6) is 0 Å². The second-order valence-electron chi connectivity index (χ2n) is 9.16. The number of nitrogens with one attached hydrogen (secondary N) is 3. The van der Waals surface area contributed by atoms with Crippen molar-refractivity contribution in [3.8, 4) is 11.3 Å². The highest BCUT2D eigenvalue weighted by Crippen LogP contribution is 2.33. The molecule has 1 amide bonds. The van der Waals surface area contributed by atoms with Gasteiger partial charge in [0.15, 0.2) is 0 Å². The van der Waals surface area contributed by atoms with E-state index in [9.17, 15) is 4.79 Å². The summed E-state index contributed by atoms with van der Waals surface area (Å²) in [5.41, 5.74) is 7.39. The molecule has 3 N–H and O–H groups in total. The number of para-hydroxylation sites is 1. The third-order valence-electron chi connectivity index (χ3n) is 6.05. The van der Waals surface area contributed by atoms with Crippen LogP contribution in [0.25, 0.3) is 22.2 Å². The van der Waals surface area contributed by atoms with Crippen molar-refractivity contribution in [1.29, 1.82) is 0 Å². The largest absolute Gasteiger partial charge is 0.382 e. The Balaban J connectivity index is 1.68. The zero-order valence-corrected chi connectivity index (χ0v) is 21.5. The molecule has 2 heterocycles. The number of hydrogen-bond acceptors (Lipinski definition) is 6. The summed E-state index contributed by atoms with van der Waals surface area (Å²) < 4.78 is 2.11. The number of fused-ring (bicyclic) bond motifs is 1. The lowest BCUT2D eigenvalue weighted by molar-refractivity contribution is -0.111. The Hall–Kier alpha value is -4.17. The van der Waals surface area contributed by atoms with Crippen LogP contribution >= 0.6 is 0 Å². The number of likely N-dealkylation sites (N-methyl/N-ethyl adjacent to an activating group) is 1. The predicted octanol–water partition coefficient (Wildman–Crippen LogP) is 5.09. The van der Waals surface area contributed by atoms with Crippen LogP contribution in [0.15, 0.2) is 61.4 Å². The molecule has 0 unspecified atom stereocenters. The molecule has 0 spiro atoms. The average Bonchev–Trinajstić information content (AvgIpc) is 3.19. The highest BCUT2D eigenvalue weighted by Gasteiger charge is 2.15. The van der Waals surface area contributed by atoms with Gasteiger partial charge in [0.2, 0.25) is 11.9 Å². The average molecular weight is 484 g/mol. The van der Waals surface area contributed by atoms with Crippen molar-refractivity contribution in [3.63, 3.8) is 0 Å². The minimum absolute atomic E-state index is 0.273. The summed E-state index contributed by atoms with van der Waals surface area (Å²) in [6.07, 6.45) is 5.20. The van der Waals surface area contributed by atoms with E-state index in [-0.39, 0.29) is 5.91 Å². The van der Waals surface area contributed by atoms with Gasteiger partial charge in [-0.3, -0.25) is 4.79 Å². The Labute approximate surface area is 212 Å². The highest BCUT2D eigenvalue weighted by atomic mass is 16.1. The number of benzene rings is 2. The number of hydrogen-bond donors (Lipinski definition) is 3. The number of rotatable bonds is 9. The van der Waals surface area contributed by atoms with E-state index in [4.69, 9.17) is 4.98 Å². The van der Waals surface area contributed by atoms with E-state index in [1.807, 2.05) is 65.5 Å². The molecule has 0 fully saturated rings. The minimum Gasteiger partial charge on any atom is -0.382 e. The Morgan fingerprint density at radius 1 is 1.11 bits per heavy atom. The quantitative estimate of drug-likeness (QED) is 0.287. The van der Waals surface area contributed by atoms with Gasteiger partial charge < -0.3 is 25.4 Å². The van der Waals surface area contributed by atoms with E-state index >= 15 is 0 Å². The number of anilines is 4. The maximum absolute atomic E-state index is 12.1. The van der Waals surface area contributed by atoms with E-state index < -0.39 is 0 Å². The van der Waals surface area contributed by atoms with Gasteiger partial charge in [-0.05, 0) is 63.3 Å². The van der Waals surface area contributed by atoms with Crippen LogP contribution in [0.1, 0.15) is 11.1 Å². The normalized spacial score (nSPS) is 11.1. The summed E-state index contributed by atoms with van der Waals surface area (Å²) in [5, 5.41) is 10.8. The first-order chi connectivity index (χ1) is 17.3. The van der Waals surface area contributed by atoms with Gasteiger partial charge in [0.05, 0.1) is 17.1 Å². The number of aryl methyl sites for hydroxylation is 3. The number of carbonyl (C=O) groups is 1. The van der Waals surface area contributed by atoms with Crippen LogP contribution < -0.4 is 16.0 Å². The van der Waals surface area contributed by atoms with Crippen molar-refractivity contribution in [1.82, 2.24) is 19.4 Å². The highest BCUT2D eigenvalue weighted by molar-refractivity contribution is 6.02. The molecule has 4 aromatic rings. The van der Waals surface area contributed by atoms with Gasteiger partial charge in [0, 0.05) is 54.7 Å². The second kappa shape index (κ2) is 10.6. The minimum atomic E-state index is -0.273. The van der Waals surface area contributed by atoms with Gasteiger partial charge in [-0.1, -0.05) is 24.8 Å². The van der Waals surface area contributed by atoms with Crippen molar-refractivity contribution in [2.24, 2.45) is 7.05 Å². The molecule has 0 radical (unpaired) electrons. The lowest BCUT2D eigenvalue weighted by Crippen LogP contribution is -2.21. The molecule has 0 atom stereocenters. The van der Waals surface area contributed by atoms with E-state index in [0.29, 0.717) is 11.6 Å². The molecule has 0 aliphatic rings. The van der Waals surface area contributed by atoms with Crippen molar-refractivity contribution in [3.05, 3.63) is 72.6 Å². The number of amides is 1. The number of nitrogens with zero attached hydrogens (tertiary/aromatic N) is 4. The number of carbonyl (C=O) groups excluding carboxylic acids is 1. The van der Waals surface area contributed by atoms with E-state index in [2.05, 4.69) is 55.3 Å². The summed E-state index contributed by atoms with van der Waals surface area (Å²) in [4.78, 5) is 23.6. The lowest BCUT2D eigenvalue weighted by atomic mass is 10.1. The number of aromatic nitrogens is 3. The zero-order chi connectivity index (χ0) is 25.8. The van der Waals surface area contributed by atoms with E-state index in [1.54, 1.807) is 0 Å². The Morgan fingerprint density at radius 3 is 2.64 bits per heavy atom. The molecule has 8 heteroatoms. The van der Waals surface area contributed by atoms with Crippen LogP contribution in [0.3, 0.4) is 0 Å². The SMILES string of the molecule is C=CC(=O)Nc1cc(Nc2ncc(C)c(-c3cn(C)c4ccccc34)n2)c(C)cc1NCCN(C)C. The summed E-state index contributed by atoms with van der Waals surface area (Å²) in [5.74, 6) is 0.214. The third kappa shape index (κ3) is 5.39. The fraction of sp³-hybridized carbons (Fsp3) is 0.250. The fourth-order valence-corrected chi connectivity index (χ4v) is 4.12. The molecule has 0 saturated carbocycles. The molecule has 36 heavy (non-hydrogen) atoms. The Kier molecular flexibility index (Phi) is 7.36. The molecular weight excluding hydrogens is 450 g/mol. The van der Waals surface area contributed by atoms with Gasteiger partial charge in [0.25, 0.3) is 0 Å². The summed E-state index contributed by atoms with van der Waals surface area (Å²) in [6.45, 7) is 9.21. The molecule has 0 saturated heterocycles. The molecule has 2 aromatic carbocycles. The monoisotopic (exact) mass is 483 g/mol. The van der Waals surface area contributed by atoms with Crippen molar-refractivity contribution >= 4 is 39.8 Å². The van der Waals surface area contributed by atoms with E-state index in [1.165, 1.54) is 6.08 Å². The van der Waals surface area contributed by atoms with Crippen LogP contribution in [0.4, 0.5) is 23.0 Å². The molecule has 186 valence electrons. The molecular formula is C28H33N7O. The van der Waals surface area contributed by atoms with Crippen LogP contribution in [-0.2, 0) is 11.8 Å². The lowest BCUT2D eigenvalue weighted by Gasteiger charge is -2.18. The van der Waals surface area contributed by atoms with Crippen LogP contribution in [0, 0.1) is 13.8 Å². The predicted molar refractivity (Wildman–Crippen MR) is 149 cm³/mol. The first-order valence-corrected chi connectivity index (χ1v) is 11.9. The smallest absolute Gasteiger partial charge is 0.247 e. The Bertz CT molecular complexity index is 1420. The Morgan fingerprint density at radius 2 is 1.89 bits per heavy atom. The van der Waals surface area contributed by atoms with Crippen molar-refractivity contribution < 1.29 is 4.79 Å². The maximum atomic E-state index is 12.1.